The van der Waals surface area contributed by atoms with Crippen molar-refractivity contribution in [3.05, 3.63) is 91.9 Å². The molecule has 4 rings (SSSR count). The summed E-state index contributed by atoms with van der Waals surface area (Å²) in [5, 5.41) is 4.17. The maximum atomic E-state index is 13.7. The van der Waals surface area contributed by atoms with E-state index in [0.717, 1.165) is 28.0 Å². The third-order valence-electron chi connectivity index (χ3n) is 4.75. The number of nitrogens with zero attached hydrogens (tertiary/aromatic N) is 2. The predicted octanol–water partition coefficient (Wildman–Crippen LogP) is 2.92. The molecule has 2 heterocycles. The Morgan fingerprint density at radius 1 is 1.03 bits per heavy atom. The van der Waals surface area contributed by atoms with Gasteiger partial charge < -0.3 is 10.1 Å². The zero-order valence-electron chi connectivity index (χ0n) is 17.0. The number of carbonyl (C=O) groups excluding carboxylic acids is 2. The number of anilines is 1. The van der Waals surface area contributed by atoms with Crippen molar-refractivity contribution in [3.63, 3.8) is 0 Å². The molecule has 1 amide bonds. The fraction of sp³-hybridized carbons (Fsp3) is 0.0909. The fourth-order valence-corrected chi connectivity index (χ4v) is 4.11. The van der Waals surface area contributed by atoms with Crippen LogP contribution < -0.4 is 16.6 Å². The molecule has 2 aromatic heterocycles. The van der Waals surface area contributed by atoms with Crippen molar-refractivity contribution in [2.75, 3.05) is 12.4 Å². The van der Waals surface area contributed by atoms with E-state index in [4.69, 9.17) is 0 Å². The van der Waals surface area contributed by atoms with E-state index in [0.29, 0.717) is 21.9 Å². The van der Waals surface area contributed by atoms with Crippen LogP contribution in [0.3, 0.4) is 0 Å². The number of carbonyl (C=O) groups is 2. The van der Waals surface area contributed by atoms with Crippen LogP contribution in [0.1, 0.15) is 10.4 Å². The van der Waals surface area contributed by atoms with Crippen molar-refractivity contribution in [1.29, 1.82) is 0 Å². The largest absolute Gasteiger partial charge is 0.465 e. The van der Waals surface area contributed by atoms with Gasteiger partial charge >= 0.3 is 11.7 Å². The molecule has 0 aliphatic rings. The first-order chi connectivity index (χ1) is 15.8. The van der Waals surface area contributed by atoms with E-state index in [1.54, 1.807) is 5.38 Å². The molecule has 33 heavy (non-hydrogen) atoms. The Bertz CT molecular complexity index is 1490. The lowest BCUT2D eigenvalue weighted by Gasteiger charge is -2.13. The molecular weight excluding hydrogens is 456 g/mol. The Labute approximate surface area is 188 Å². The van der Waals surface area contributed by atoms with Gasteiger partial charge in [-0.2, -0.15) is 0 Å². The van der Waals surface area contributed by atoms with Crippen molar-refractivity contribution in [3.8, 4) is 5.69 Å². The highest BCUT2D eigenvalue weighted by Crippen LogP contribution is 2.18. The second-order valence-corrected chi connectivity index (χ2v) is 7.81. The number of fused-ring (bicyclic) bond motifs is 1. The van der Waals surface area contributed by atoms with E-state index in [-0.39, 0.29) is 15.9 Å². The number of nitrogens with one attached hydrogen (secondary N) is 1. The summed E-state index contributed by atoms with van der Waals surface area (Å²) in [4.78, 5) is 50.1. The van der Waals surface area contributed by atoms with Gasteiger partial charge in [-0.05, 0) is 47.8 Å². The minimum Gasteiger partial charge on any atom is -0.465 e. The molecule has 0 atom stereocenters. The average molecular weight is 471 g/mol. The van der Waals surface area contributed by atoms with Crippen molar-refractivity contribution < 1.29 is 23.1 Å². The quantitative estimate of drug-likeness (QED) is 0.452. The van der Waals surface area contributed by atoms with Gasteiger partial charge in [0.1, 0.15) is 22.9 Å². The summed E-state index contributed by atoms with van der Waals surface area (Å²) >= 11 is 1.04. The van der Waals surface area contributed by atoms with Crippen LogP contribution in [-0.4, -0.2) is 28.1 Å². The second-order valence-electron chi connectivity index (χ2n) is 6.89. The van der Waals surface area contributed by atoms with E-state index in [9.17, 15) is 28.0 Å². The fourth-order valence-electron chi connectivity index (χ4n) is 3.29. The molecule has 0 aliphatic heterocycles. The van der Waals surface area contributed by atoms with Crippen molar-refractivity contribution in [2.24, 2.45) is 0 Å². The highest BCUT2D eigenvalue weighted by atomic mass is 32.1. The molecule has 0 spiro atoms. The molecule has 0 saturated carbocycles. The van der Waals surface area contributed by atoms with Crippen LogP contribution in [0, 0.1) is 11.6 Å². The van der Waals surface area contributed by atoms with Gasteiger partial charge in [-0.25, -0.2) is 22.9 Å². The molecule has 0 fully saturated rings. The summed E-state index contributed by atoms with van der Waals surface area (Å²) in [5.41, 5.74) is -1.08. The van der Waals surface area contributed by atoms with E-state index in [2.05, 4.69) is 10.1 Å². The maximum absolute atomic E-state index is 13.7. The monoisotopic (exact) mass is 471 g/mol. The molecule has 11 heteroatoms. The number of thiophene rings is 1. The number of rotatable bonds is 5. The summed E-state index contributed by atoms with van der Waals surface area (Å²) in [5.74, 6) is -3.04. The molecule has 1 N–H and O–H groups in total. The number of benzene rings is 2. The van der Waals surface area contributed by atoms with E-state index >= 15 is 0 Å². The van der Waals surface area contributed by atoms with Crippen molar-refractivity contribution >= 4 is 39.1 Å². The number of hydrogen-bond donors (Lipinski definition) is 1. The molecule has 0 unspecified atom stereocenters. The lowest BCUT2D eigenvalue weighted by Crippen LogP contribution is -2.40. The standard InChI is InChI=1S/C22H15F2N3O5S/c1-32-21(30)12-2-4-15(5-3-12)25-18(28)11-26-17-6-7-33-19(17)20(29)27(22(26)31)16-9-13(23)8-14(24)10-16/h2-10H,11H2,1H3,(H,25,28). The zero-order valence-corrected chi connectivity index (χ0v) is 17.8. The van der Waals surface area contributed by atoms with E-state index < -0.39 is 41.3 Å². The first-order valence-electron chi connectivity index (χ1n) is 9.46. The highest BCUT2D eigenvalue weighted by Gasteiger charge is 2.18. The lowest BCUT2D eigenvalue weighted by molar-refractivity contribution is -0.116. The summed E-state index contributed by atoms with van der Waals surface area (Å²) in [6, 6.07) is 9.75. The summed E-state index contributed by atoms with van der Waals surface area (Å²) in [6.07, 6.45) is 0. The van der Waals surface area contributed by atoms with Crippen LogP contribution in [0.15, 0.2) is 63.5 Å². The SMILES string of the molecule is COC(=O)c1ccc(NC(=O)Cn2c(=O)n(-c3cc(F)cc(F)c3)c(=O)c3sccc32)cc1. The van der Waals surface area contributed by atoms with Crippen LogP contribution in [0.5, 0.6) is 0 Å². The molecule has 4 aromatic rings. The van der Waals surface area contributed by atoms with Crippen LogP contribution in [0.25, 0.3) is 15.9 Å². The van der Waals surface area contributed by atoms with Crippen molar-refractivity contribution in [2.45, 2.75) is 6.54 Å². The molecule has 0 bridgehead atoms. The average Bonchev–Trinajstić information content (AvgIpc) is 3.26. The first kappa shape index (κ1) is 22.1. The molecular formula is C22H15F2N3O5S. The van der Waals surface area contributed by atoms with Gasteiger partial charge in [0, 0.05) is 11.8 Å². The predicted molar refractivity (Wildman–Crippen MR) is 118 cm³/mol. The van der Waals surface area contributed by atoms with E-state index in [1.807, 2.05) is 0 Å². The van der Waals surface area contributed by atoms with Crippen LogP contribution in [0.4, 0.5) is 14.5 Å². The zero-order chi connectivity index (χ0) is 23.7. The topological polar surface area (TPSA) is 99.4 Å². The summed E-state index contributed by atoms with van der Waals surface area (Å²) in [7, 11) is 1.25. The lowest BCUT2D eigenvalue weighted by atomic mass is 10.2. The minimum atomic E-state index is -0.956. The number of amides is 1. The molecule has 0 radical (unpaired) electrons. The van der Waals surface area contributed by atoms with Crippen LogP contribution in [-0.2, 0) is 16.1 Å². The van der Waals surface area contributed by atoms with Gasteiger partial charge in [0.05, 0.1) is 23.9 Å². The molecule has 0 aliphatic carbocycles. The number of halogens is 2. The van der Waals surface area contributed by atoms with Gasteiger partial charge in [-0.3, -0.25) is 14.2 Å². The Hall–Kier alpha value is -4.12. The first-order valence-corrected chi connectivity index (χ1v) is 10.3. The van der Waals surface area contributed by atoms with E-state index in [1.165, 1.54) is 37.4 Å². The van der Waals surface area contributed by atoms with Crippen molar-refractivity contribution in [1.82, 2.24) is 9.13 Å². The third-order valence-corrected chi connectivity index (χ3v) is 5.64. The van der Waals surface area contributed by atoms with Gasteiger partial charge in [0.15, 0.2) is 0 Å². The Morgan fingerprint density at radius 3 is 2.33 bits per heavy atom. The van der Waals surface area contributed by atoms with Gasteiger partial charge in [-0.1, -0.05) is 0 Å². The Kier molecular flexibility index (Phi) is 5.88. The number of ether oxygens (including phenoxy) is 1. The minimum absolute atomic E-state index is 0.148. The molecule has 168 valence electrons. The molecule has 2 aromatic carbocycles. The number of esters is 1. The molecule has 8 nitrogen and oxygen atoms in total. The number of hydrogen-bond acceptors (Lipinski definition) is 6. The number of aromatic nitrogens is 2. The van der Waals surface area contributed by atoms with Gasteiger partial charge in [0.25, 0.3) is 5.56 Å². The van der Waals surface area contributed by atoms with Crippen LogP contribution >= 0.6 is 11.3 Å². The number of methoxy groups -OCH3 is 1. The summed E-state index contributed by atoms with van der Waals surface area (Å²) in [6.45, 7) is -0.469. The highest BCUT2D eigenvalue weighted by molar-refractivity contribution is 7.17. The third kappa shape index (κ3) is 4.30. The van der Waals surface area contributed by atoms with Crippen LogP contribution in [0.2, 0.25) is 0 Å². The smallest absolute Gasteiger partial charge is 0.337 e. The second kappa shape index (κ2) is 8.79. The summed E-state index contributed by atoms with van der Waals surface area (Å²) < 4.78 is 33.9. The van der Waals surface area contributed by atoms with Gasteiger partial charge in [0.2, 0.25) is 5.91 Å². The molecule has 0 saturated heterocycles. The Balaban J connectivity index is 1.71. The normalized spacial score (nSPS) is 10.9. The maximum Gasteiger partial charge on any atom is 0.337 e. The van der Waals surface area contributed by atoms with Gasteiger partial charge in [-0.15, -0.1) is 11.3 Å². The Morgan fingerprint density at radius 2 is 1.70 bits per heavy atom.